The summed E-state index contributed by atoms with van der Waals surface area (Å²) < 4.78 is 27.3. The molecule has 1 atom stereocenters. The third-order valence-electron chi connectivity index (χ3n) is 2.97. The SMILES string of the molecule is CC(C)NS(=O)(=O)c1ccccc1NCC1CSCCS1. The van der Waals surface area contributed by atoms with Crippen molar-refractivity contribution < 1.29 is 8.42 Å². The van der Waals surface area contributed by atoms with E-state index in [-0.39, 0.29) is 6.04 Å². The summed E-state index contributed by atoms with van der Waals surface area (Å²) in [6.07, 6.45) is 0. The Labute approximate surface area is 135 Å². The zero-order valence-corrected chi connectivity index (χ0v) is 14.8. The molecule has 0 amide bonds. The standard InChI is InChI=1S/C14H22N2O2S3/c1-11(2)16-21(17,18)14-6-4-3-5-13(14)15-9-12-10-19-7-8-20-12/h3-6,11-12,15-16H,7-10H2,1-2H3. The average Bonchev–Trinajstić information content (AvgIpc) is 2.45. The first-order valence-electron chi connectivity index (χ1n) is 7.03. The molecule has 1 aliphatic rings. The summed E-state index contributed by atoms with van der Waals surface area (Å²) in [7, 11) is -3.47. The second kappa shape index (κ2) is 7.76. The van der Waals surface area contributed by atoms with Crippen molar-refractivity contribution in [1.82, 2.24) is 4.72 Å². The quantitative estimate of drug-likeness (QED) is 0.829. The minimum Gasteiger partial charge on any atom is -0.383 e. The van der Waals surface area contributed by atoms with Crippen LogP contribution in [0.2, 0.25) is 0 Å². The van der Waals surface area contributed by atoms with Crippen molar-refractivity contribution in [3.05, 3.63) is 24.3 Å². The number of rotatable bonds is 6. The fourth-order valence-corrected chi connectivity index (χ4v) is 6.15. The molecule has 0 aliphatic carbocycles. The highest BCUT2D eigenvalue weighted by atomic mass is 32.2. The van der Waals surface area contributed by atoms with Crippen molar-refractivity contribution in [1.29, 1.82) is 0 Å². The van der Waals surface area contributed by atoms with Gasteiger partial charge in [-0.05, 0) is 26.0 Å². The second-order valence-electron chi connectivity index (χ2n) is 5.22. The molecule has 1 unspecified atom stereocenters. The van der Waals surface area contributed by atoms with Crippen LogP contribution in [-0.2, 0) is 10.0 Å². The Morgan fingerprint density at radius 3 is 2.71 bits per heavy atom. The number of sulfonamides is 1. The van der Waals surface area contributed by atoms with E-state index < -0.39 is 10.0 Å². The number of nitrogens with one attached hydrogen (secondary N) is 2. The van der Waals surface area contributed by atoms with Gasteiger partial charge < -0.3 is 5.32 Å². The van der Waals surface area contributed by atoms with Crippen LogP contribution in [0.4, 0.5) is 5.69 Å². The third kappa shape index (κ3) is 5.09. The van der Waals surface area contributed by atoms with E-state index in [2.05, 4.69) is 10.0 Å². The first-order chi connectivity index (χ1) is 9.99. The van der Waals surface area contributed by atoms with Gasteiger partial charge in [0.2, 0.25) is 10.0 Å². The normalized spacial score (nSPS) is 19.7. The van der Waals surface area contributed by atoms with E-state index in [0.29, 0.717) is 15.8 Å². The molecule has 1 fully saturated rings. The van der Waals surface area contributed by atoms with E-state index in [4.69, 9.17) is 0 Å². The van der Waals surface area contributed by atoms with Crippen LogP contribution in [-0.4, -0.2) is 43.5 Å². The fraction of sp³-hybridized carbons (Fsp3) is 0.571. The molecule has 21 heavy (non-hydrogen) atoms. The maximum absolute atomic E-state index is 12.4. The fourth-order valence-electron chi connectivity index (χ4n) is 2.10. The minimum atomic E-state index is -3.47. The first kappa shape index (κ1) is 17.0. The summed E-state index contributed by atoms with van der Waals surface area (Å²) in [5.41, 5.74) is 0.682. The van der Waals surface area contributed by atoms with E-state index >= 15 is 0 Å². The topological polar surface area (TPSA) is 58.2 Å². The molecule has 1 aromatic rings. The summed E-state index contributed by atoms with van der Waals surface area (Å²) in [4.78, 5) is 0.326. The van der Waals surface area contributed by atoms with Crippen molar-refractivity contribution in [3.8, 4) is 0 Å². The molecule has 7 heteroatoms. The molecule has 0 radical (unpaired) electrons. The predicted octanol–water partition coefficient (Wildman–Crippen LogP) is 2.63. The van der Waals surface area contributed by atoms with E-state index in [0.717, 1.165) is 12.3 Å². The number of para-hydroxylation sites is 1. The van der Waals surface area contributed by atoms with Gasteiger partial charge in [0.25, 0.3) is 0 Å². The molecule has 1 heterocycles. The lowest BCUT2D eigenvalue weighted by Gasteiger charge is -2.22. The Morgan fingerprint density at radius 2 is 2.05 bits per heavy atom. The van der Waals surface area contributed by atoms with Gasteiger partial charge >= 0.3 is 0 Å². The zero-order chi connectivity index (χ0) is 15.3. The molecule has 0 saturated carbocycles. The molecule has 1 aliphatic heterocycles. The van der Waals surface area contributed by atoms with Gasteiger partial charge in [-0.1, -0.05) is 12.1 Å². The van der Waals surface area contributed by atoms with Crippen molar-refractivity contribution in [2.75, 3.05) is 29.1 Å². The van der Waals surface area contributed by atoms with Gasteiger partial charge in [-0.25, -0.2) is 13.1 Å². The highest BCUT2D eigenvalue weighted by Gasteiger charge is 2.20. The van der Waals surface area contributed by atoms with Crippen molar-refractivity contribution in [2.45, 2.75) is 30.0 Å². The smallest absolute Gasteiger partial charge is 0.242 e. The molecule has 1 saturated heterocycles. The summed E-state index contributed by atoms with van der Waals surface area (Å²) in [5.74, 6) is 3.51. The molecular weight excluding hydrogens is 324 g/mol. The van der Waals surface area contributed by atoms with Crippen LogP contribution >= 0.6 is 23.5 Å². The number of benzene rings is 1. The Morgan fingerprint density at radius 1 is 1.29 bits per heavy atom. The van der Waals surface area contributed by atoms with Gasteiger partial charge in [0.15, 0.2) is 0 Å². The zero-order valence-electron chi connectivity index (χ0n) is 12.3. The molecule has 4 nitrogen and oxygen atoms in total. The van der Waals surface area contributed by atoms with Gasteiger partial charge in [0, 0.05) is 35.1 Å². The lowest BCUT2D eigenvalue weighted by molar-refractivity contribution is 0.570. The largest absolute Gasteiger partial charge is 0.383 e. The second-order valence-corrected chi connectivity index (χ2v) is 9.46. The van der Waals surface area contributed by atoms with Gasteiger partial charge in [-0.2, -0.15) is 23.5 Å². The molecule has 2 rings (SSSR count). The predicted molar refractivity (Wildman–Crippen MR) is 94.0 cm³/mol. The van der Waals surface area contributed by atoms with Crippen LogP contribution in [0, 0.1) is 0 Å². The van der Waals surface area contributed by atoms with Crippen LogP contribution in [0.25, 0.3) is 0 Å². The molecule has 0 bridgehead atoms. The number of hydrogen-bond donors (Lipinski definition) is 2. The number of thioether (sulfide) groups is 2. The van der Waals surface area contributed by atoms with Gasteiger partial charge in [0.05, 0.1) is 5.69 Å². The van der Waals surface area contributed by atoms with Crippen molar-refractivity contribution in [3.63, 3.8) is 0 Å². The first-order valence-corrected chi connectivity index (χ1v) is 10.7. The Hall–Kier alpha value is -0.370. The van der Waals surface area contributed by atoms with Crippen LogP contribution in [0.15, 0.2) is 29.2 Å². The monoisotopic (exact) mass is 346 g/mol. The Balaban J connectivity index is 2.09. The maximum Gasteiger partial charge on any atom is 0.242 e. The lowest BCUT2D eigenvalue weighted by atomic mass is 10.3. The highest BCUT2D eigenvalue weighted by Crippen LogP contribution is 2.26. The van der Waals surface area contributed by atoms with E-state index in [1.54, 1.807) is 12.1 Å². The average molecular weight is 347 g/mol. The molecule has 0 spiro atoms. The molecule has 118 valence electrons. The number of anilines is 1. The molecular formula is C14H22N2O2S3. The van der Waals surface area contributed by atoms with Gasteiger partial charge in [0.1, 0.15) is 4.90 Å². The lowest BCUT2D eigenvalue weighted by Crippen LogP contribution is -2.31. The minimum absolute atomic E-state index is 0.117. The van der Waals surface area contributed by atoms with Crippen LogP contribution in [0.5, 0.6) is 0 Å². The Kier molecular flexibility index (Phi) is 6.28. The summed E-state index contributed by atoms with van der Waals surface area (Å²) >= 11 is 3.92. The van der Waals surface area contributed by atoms with Crippen LogP contribution < -0.4 is 10.0 Å². The van der Waals surface area contributed by atoms with Crippen LogP contribution in [0.1, 0.15) is 13.8 Å². The van der Waals surface area contributed by atoms with Crippen molar-refractivity contribution >= 4 is 39.2 Å². The molecule has 0 aromatic heterocycles. The molecule has 2 N–H and O–H groups in total. The summed E-state index contributed by atoms with van der Waals surface area (Å²) in [6.45, 7) is 4.44. The van der Waals surface area contributed by atoms with Gasteiger partial charge in [-0.3, -0.25) is 0 Å². The Bertz CT molecular complexity index is 555. The maximum atomic E-state index is 12.4. The summed E-state index contributed by atoms with van der Waals surface area (Å²) in [5, 5.41) is 3.85. The summed E-state index contributed by atoms with van der Waals surface area (Å²) in [6, 6.07) is 6.98. The van der Waals surface area contributed by atoms with E-state index in [9.17, 15) is 8.42 Å². The van der Waals surface area contributed by atoms with Crippen molar-refractivity contribution in [2.24, 2.45) is 0 Å². The third-order valence-corrected chi connectivity index (χ3v) is 7.53. The van der Waals surface area contributed by atoms with E-state index in [1.165, 1.54) is 11.5 Å². The van der Waals surface area contributed by atoms with Gasteiger partial charge in [-0.15, -0.1) is 0 Å². The van der Waals surface area contributed by atoms with E-state index in [1.807, 2.05) is 49.5 Å². The van der Waals surface area contributed by atoms with Crippen LogP contribution in [0.3, 0.4) is 0 Å². The highest BCUT2D eigenvalue weighted by molar-refractivity contribution is 8.06. The number of hydrogen-bond acceptors (Lipinski definition) is 5. The molecule has 1 aromatic carbocycles.